The zero-order valence-corrected chi connectivity index (χ0v) is 16.5. The number of rotatable bonds is 6. The Balaban J connectivity index is 1.61. The van der Waals surface area contributed by atoms with Gasteiger partial charge in [-0.3, -0.25) is 4.90 Å². The number of aliphatic hydroxyl groups is 1. The van der Waals surface area contributed by atoms with Crippen molar-refractivity contribution >= 4 is 11.8 Å². The lowest BCUT2D eigenvalue weighted by Gasteiger charge is -2.27. The van der Waals surface area contributed by atoms with E-state index in [0.717, 1.165) is 12.1 Å². The van der Waals surface area contributed by atoms with E-state index in [1.807, 2.05) is 0 Å². The van der Waals surface area contributed by atoms with Crippen LogP contribution in [0.2, 0.25) is 0 Å². The maximum atomic E-state index is 13.4. The minimum Gasteiger partial charge on any atom is -0.508 e. The normalized spacial score (nSPS) is 19.0. The summed E-state index contributed by atoms with van der Waals surface area (Å²) >= 11 is 0. The molecule has 4 rings (SSSR count). The minimum absolute atomic E-state index is 0.00564. The number of phenolic OH excluding ortho intramolecular Hbond substituents is 1. The first-order valence-electron chi connectivity index (χ1n) is 9.64. The number of carbonyl (C=O) groups is 1. The van der Waals surface area contributed by atoms with E-state index >= 15 is 0 Å². The summed E-state index contributed by atoms with van der Waals surface area (Å²) in [6, 6.07) is 13.2. The molecule has 3 aromatic rings. The zero-order valence-electron chi connectivity index (χ0n) is 16.5. The molecule has 1 saturated heterocycles. The second-order valence-corrected chi connectivity index (χ2v) is 7.19. The first-order valence-corrected chi connectivity index (χ1v) is 9.64. The first kappa shape index (κ1) is 21.5. The van der Waals surface area contributed by atoms with E-state index in [4.69, 9.17) is 9.47 Å². The van der Waals surface area contributed by atoms with E-state index in [1.165, 1.54) is 47.4 Å². The summed E-state index contributed by atoms with van der Waals surface area (Å²) in [6.45, 7) is -0.380. The molecule has 0 aromatic heterocycles. The molecule has 0 aliphatic carbocycles. The van der Waals surface area contributed by atoms with Crippen molar-refractivity contribution in [3.8, 4) is 11.5 Å². The molecule has 1 aliphatic heterocycles. The van der Waals surface area contributed by atoms with Gasteiger partial charge < -0.3 is 19.7 Å². The summed E-state index contributed by atoms with van der Waals surface area (Å²) in [5.41, 5.74) is 0.876. The van der Waals surface area contributed by atoms with Gasteiger partial charge in [0.25, 0.3) is 0 Å². The second kappa shape index (κ2) is 8.80. The SMILES string of the molecule is O=C1OC(C(O)COc2ccc(F)c(F)c2)C(c2ccc(O)cc2)N1c1ccc(F)cc1. The molecule has 0 bridgehead atoms. The molecule has 6 nitrogen and oxygen atoms in total. The Hall–Kier alpha value is -3.72. The Morgan fingerprint density at radius 1 is 0.969 bits per heavy atom. The van der Waals surface area contributed by atoms with Crippen molar-refractivity contribution in [1.29, 1.82) is 0 Å². The Morgan fingerprint density at radius 3 is 2.31 bits per heavy atom. The number of nitrogens with zero attached hydrogens (tertiary/aromatic N) is 1. The molecule has 1 heterocycles. The fraction of sp³-hybridized carbons (Fsp3) is 0.174. The Kier molecular flexibility index (Phi) is 5.91. The number of halogens is 3. The summed E-state index contributed by atoms with van der Waals surface area (Å²) < 4.78 is 50.7. The smallest absolute Gasteiger partial charge is 0.415 e. The third kappa shape index (κ3) is 4.33. The number of amides is 1. The van der Waals surface area contributed by atoms with E-state index in [2.05, 4.69) is 0 Å². The molecule has 0 spiro atoms. The van der Waals surface area contributed by atoms with Crippen LogP contribution in [0, 0.1) is 17.5 Å². The van der Waals surface area contributed by atoms with E-state index in [0.29, 0.717) is 11.3 Å². The van der Waals surface area contributed by atoms with Crippen molar-refractivity contribution in [2.45, 2.75) is 18.2 Å². The highest BCUT2D eigenvalue weighted by atomic mass is 19.2. The number of cyclic esters (lactones) is 1. The maximum Gasteiger partial charge on any atom is 0.415 e. The van der Waals surface area contributed by atoms with Crippen molar-refractivity contribution in [2.75, 3.05) is 11.5 Å². The van der Waals surface area contributed by atoms with Gasteiger partial charge in [-0.05, 0) is 54.1 Å². The standard InChI is InChI=1S/C23H18F3NO5/c24-14-3-5-15(6-4-14)27-21(13-1-7-16(28)8-2-13)22(32-23(27)30)20(29)12-31-17-9-10-18(25)19(26)11-17/h1-11,20-22,28-29H,12H2. The quantitative estimate of drug-likeness (QED) is 0.591. The van der Waals surface area contributed by atoms with Crippen LogP contribution in [0.15, 0.2) is 66.7 Å². The summed E-state index contributed by atoms with van der Waals surface area (Å²) in [7, 11) is 0. The van der Waals surface area contributed by atoms with Crippen molar-refractivity contribution in [1.82, 2.24) is 0 Å². The van der Waals surface area contributed by atoms with Crippen LogP contribution >= 0.6 is 0 Å². The third-order valence-corrected chi connectivity index (χ3v) is 5.05. The highest BCUT2D eigenvalue weighted by molar-refractivity contribution is 5.91. The van der Waals surface area contributed by atoms with Gasteiger partial charge >= 0.3 is 6.09 Å². The minimum atomic E-state index is -1.35. The Bertz CT molecular complexity index is 1110. The number of anilines is 1. The number of aromatic hydroxyl groups is 1. The van der Waals surface area contributed by atoms with Gasteiger partial charge in [0.2, 0.25) is 0 Å². The van der Waals surface area contributed by atoms with Gasteiger partial charge in [-0.15, -0.1) is 0 Å². The molecule has 166 valence electrons. The molecule has 32 heavy (non-hydrogen) atoms. The molecule has 9 heteroatoms. The molecule has 3 atom stereocenters. The van der Waals surface area contributed by atoms with Crippen LogP contribution in [0.3, 0.4) is 0 Å². The lowest BCUT2D eigenvalue weighted by Crippen LogP contribution is -2.38. The molecule has 0 radical (unpaired) electrons. The van der Waals surface area contributed by atoms with Crippen LogP contribution in [-0.4, -0.2) is 35.1 Å². The number of hydrogen-bond donors (Lipinski definition) is 2. The first-order chi connectivity index (χ1) is 15.3. The van der Waals surface area contributed by atoms with Crippen LogP contribution in [0.4, 0.5) is 23.7 Å². The highest BCUT2D eigenvalue weighted by Gasteiger charge is 2.47. The van der Waals surface area contributed by atoms with Crippen LogP contribution in [0.1, 0.15) is 11.6 Å². The fourth-order valence-corrected chi connectivity index (χ4v) is 3.51. The van der Waals surface area contributed by atoms with Crippen molar-refractivity contribution in [3.63, 3.8) is 0 Å². The molecule has 3 aromatic carbocycles. The van der Waals surface area contributed by atoms with Gasteiger partial charge in [0.15, 0.2) is 17.7 Å². The number of benzene rings is 3. The fourth-order valence-electron chi connectivity index (χ4n) is 3.51. The molecule has 0 saturated carbocycles. The van der Waals surface area contributed by atoms with E-state index in [1.54, 1.807) is 12.1 Å². The van der Waals surface area contributed by atoms with Gasteiger partial charge in [0.1, 0.15) is 36.1 Å². The second-order valence-electron chi connectivity index (χ2n) is 7.19. The van der Waals surface area contributed by atoms with Gasteiger partial charge in [-0.25, -0.2) is 18.0 Å². The summed E-state index contributed by atoms with van der Waals surface area (Å²) in [4.78, 5) is 14.0. The number of carbonyl (C=O) groups excluding carboxylic acids is 1. The molecule has 3 unspecified atom stereocenters. The predicted molar refractivity (Wildman–Crippen MR) is 108 cm³/mol. The molecule has 1 amide bonds. The zero-order chi connectivity index (χ0) is 22.8. The van der Waals surface area contributed by atoms with Crippen molar-refractivity contribution in [3.05, 3.63) is 89.7 Å². The molecule has 2 N–H and O–H groups in total. The van der Waals surface area contributed by atoms with E-state index < -0.39 is 41.8 Å². The average Bonchev–Trinajstić information content (AvgIpc) is 3.12. The van der Waals surface area contributed by atoms with Crippen molar-refractivity contribution in [2.24, 2.45) is 0 Å². The summed E-state index contributed by atoms with van der Waals surface area (Å²) in [5.74, 6) is -2.63. The maximum absolute atomic E-state index is 13.4. The van der Waals surface area contributed by atoms with Gasteiger partial charge in [-0.2, -0.15) is 0 Å². The van der Waals surface area contributed by atoms with Crippen LogP contribution in [-0.2, 0) is 4.74 Å². The average molecular weight is 445 g/mol. The van der Waals surface area contributed by atoms with Crippen LogP contribution < -0.4 is 9.64 Å². The Labute approximate surface area is 181 Å². The summed E-state index contributed by atoms with van der Waals surface area (Å²) in [6.07, 6.45) is -3.23. The third-order valence-electron chi connectivity index (χ3n) is 5.05. The topological polar surface area (TPSA) is 79.2 Å². The number of phenols is 1. The van der Waals surface area contributed by atoms with E-state index in [9.17, 15) is 28.2 Å². The highest BCUT2D eigenvalue weighted by Crippen LogP contribution is 2.39. The lowest BCUT2D eigenvalue weighted by atomic mass is 9.96. The van der Waals surface area contributed by atoms with Gasteiger partial charge in [0.05, 0.1) is 0 Å². The molecule has 1 fully saturated rings. The number of aliphatic hydroxyl groups excluding tert-OH is 1. The molecular weight excluding hydrogens is 427 g/mol. The monoisotopic (exact) mass is 445 g/mol. The predicted octanol–water partition coefficient (Wildman–Crippen LogP) is 4.32. The van der Waals surface area contributed by atoms with Crippen molar-refractivity contribution < 1.29 is 37.7 Å². The Morgan fingerprint density at radius 2 is 1.66 bits per heavy atom. The van der Waals surface area contributed by atoms with Gasteiger partial charge in [0, 0.05) is 11.8 Å². The van der Waals surface area contributed by atoms with Gasteiger partial charge in [-0.1, -0.05) is 12.1 Å². The molecular formula is C23H18F3NO5. The number of hydrogen-bond acceptors (Lipinski definition) is 5. The molecule has 1 aliphatic rings. The largest absolute Gasteiger partial charge is 0.508 e. The summed E-state index contributed by atoms with van der Waals surface area (Å²) in [5, 5.41) is 20.4. The van der Waals surface area contributed by atoms with E-state index in [-0.39, 0.29) is 18.1 Å². The lowest BCUT2D eigenvalue weighted by molar-refractivity contribution is -0.00653. The van der Waals surface area contributed by atoms with Crippen LogP contribution in [0.25, 0.3) is 0 Å². The number of ether oxygens (including phenoxy) is 2. The van der Waals surface area contributed by atoms with Crippen LogP contribution in [0.5, 0.6) is 11.5 Å².